The van der Waals surface area contributed by atoms with Crippen LogP contribution in [-0.2, 0) is 4.74 Å². The number of piperidine rings is 1. The number of nitrogens with zero attached hydrogens (tertiary/aromatic N) is 4. The number of H-pyrrole nitrogens is 1. The highest BCUT2D eigenvalue weighted by Crippen LogP contribution is 2.29. The quantitative estimate of drug-likeness (QED) is 0.841. The average Bonchev–Trinajstić information content (AvgIpc) is 3.23. The van der Waals surface area contributed by atoms with E-state index in [1.54, 1.807) is 6.33 Å². The van der Waals surface area contributed by atoms with Gasteiger partial charge >= 0.3 is 0 Å². The largest absolute Gasteiger partial charge is 0.376 e. The summed E-state index contributed by atoms with van der Waals surface area (Å²) >= 11 is 0. The van der Waals surface area contributed by atoms with E-state index in [1.807, 2.05) is 12.4 Å². The third kappa shape index (κ3) is 4.24. The number of nitrogens with one attached hydrogen (secondary N) is 2. The van der Waals surface area contributed by atoms with Gasteiger partial charge < -0.3 is 19.9 Å². The number of aromatic nitrogens is 4. The van der Waals surface area contributed by atoms with E-state index in [2.05, 4.69) is 50.1 Å². The number of aromatic amines is 1. The Labute approximate surface area is 161 Å². The van der Waals surface area contributed by atoms with E-state index in [4.69, 9.17) is 4.74 Å². The average molecular weight is 371 g/mol. The van der Waals surface area contributed by atoms with Crippen molar-refractivity contribution in [2.45, 2.75) is 57.6 Å². The predicted octanol–water partition coefficient (Wildman–Crippen LogP) is 3.20. The van der Waals surface area contributed by atoms with Gasteiger partial charge in [0, 0.05) is 44.1 Å². The van der Waals surface area contributed by atoms with Crippen molar-refractivity contribution in [1.82, 2.24) is 19.9 Å². The highest BCUT2D eigenvalue weighted by molar-refractivity contribution is 5.49. The minimum Gasteiger partial charge on any atom is -0.376 e. The fourth-order valence-corrected chi connectivity index (χ4v) is 4.29. The normalized spacial score (nSPS) is 24.3. The third-order valence-electron chi connectivity index (χ3n) is 5.73. The van der Waals surface area contributed by atoms with Crippen LogP contribution >= 0.6 is 0 Å². The molecule has 0 spiro atoms. The van der Waals surface area contributed by atoms with E-state index in [-0.39, 0.29) is 6.10 Å². The summed E-state index contributed by atoms with van der Waals surface area (Å²) in [6, 6.07) is 2.39. The van der Waals surface area contributed by atoms with E-state index in [9.17, 15) is 0 Å². The first-order valence-electron chi connectivity index (χ1n) is 10.1. The number of rotatable bonds is 5. The van der Waals surface area contributed by atoms with Crippen LogP contribution in [0.1, 0.15) is 51.3 Å². The van der Waals surface area contributed by atoms with Gasteiger partial charge in [-0.15, -0.1) is 0 Å². The van der Waals surface area contributed by atoms with Gasteiger partial charge in [0.15, 0.2) is 0 Å². The van der Waals surface area contributed by atoms with Gasteiger partial charge in [-0.05, 0) is 31.6 Å². The summed E-state index contributed by atoms with van der Waals surface area (Å²) in [5, 5.41) is 3.61. The molecule has 0 aliphatic carbocycles. The fourth-order valence-electron chi connectivity index (χ4n) is 4.29. The summed E-state index contributed by atoms with van der Waals surface area (Å²) in [6.45, 7) is 7.28. The van der Waals surface area contributed by atoms with Crippen LogP contribution in [0, 0.1) is 5.92 Å². The molecule has 2 fully saturated rings. The number of hydrogen-bond donors (Lipinski definition) is 2. The summed E-state index contributed by atoms with van der Waals surface area (Å²) in [6.07, 6.45) is 10.0. The Bertz CT molecular complexity index is 711. The lowest BCUT2D eigenvalue weighted by molar-refractivity contribution is -0.0203. The van der Waals surface area contributed by atoms with Crippen LogP contribution in [0.4, 0.5) is 11.6 Å². The van der Waals surface area contributed by atoms with Gasteiger partial charge in [-0.2, -0.15) is 0 Å². The maximum atomic E-state index is 5.99. The van der Waals surface area contributed by atoms with Crippen LogP contribution in [0.2, 0.25) is 0 Å². The minimum absolute atomic E-state index is 0.237. The second-order valence-corrected chi connectivity index (χ2v) is 7.97. The zero-order valence-corrected chi connectivity index (χ0v) is 16.3. The number of hydrogen-bond acceptors (Lipinski definition) is 6. The molecule has 2 N–H and O–H groups in total. The molecule has 2 aromatic heterocycles. The van der Waals surface area contributed by atoms with Crippen LogP contribution in [0.15, 0.2) is 24.8 Å². The molecule has 4 heterocycles. The molecule has 0 unspecified atom stereocenters. The van der Waals surface area contributed by atoms with Crippen LogP contribution in [0.5, 0.6) is 0 Å². The zero-order valence-electron chi connectivity index (χ0n) is 16.3. The van der Waals surface area contributed by atoms with Crippen molar-refractivity contribution >= 4 is 11.6 Å². The first-order chi connectivity index (χ1) is 13.2. The molecule has 0 aromatic carbocycles. The second-order valence-electron chi connectivity index (χ2n) is 7.97. The second kappa shape index (κ2) is 8.25. The van der Waals surface area contributed by atoms with Gasteiger partial charge in [-0.1, -0.05) is 13.8 Å². The Balaban J connectivity index is 1.39. The van der Waals surface area contributed by atoms with E-state index >= 15 is 0 Å². The minimum atomic E-state index is 0.237. The molecule has 7 heteroatoms. The monoisotopic (exact) mass is 370 g/mol. The standard InChI is InChI=1S/C20H30N6O/c1-14(2)19-16(4-3-11-27-19)25-17-12-18(24-13-23-17)26-9-5-15(6-10-26)20-21-7-8-22-20/h7-8,12-16,19H,3-6,9-11H2,1-2H3,(H,21,22)(H,23,24,25)/t16-,19+/m0/s1. The molecule has 7 nitrogen and oxygen atoms in total. The lowest BCUT2D eigenvalue weighted by Gasteiger charge is -2.35. The lowest BCUT2D eigenvalue weighted by atomic mass is 9.93. The van der Waals surface area contributed by atoms with E-state index in [1.165, 1.54) is 0 Å². The van der Waals surface area contributed by atoms with Crippen molar-refractivity contribution < 1.29 is 4.74 Å². The fraction of sp³-hybridized carbons (Fsp3) is 0.650. The highest BCUT2D eigenvalue weighted by Gasteiger charge is 2.29. The zero-order chi connectivity index (χ0) is 18.6. The molecule has 0 radical (unpaired) electrons. The molecule has 27 heavy (non-hydrogen) atoms. The van der Waals surface area contributed by atoms with Crippen molar-refractivity contribution in [3.05, 3.63) is 30.6 Å². The Morgan fingerprint density at radius 3 is 2.78 bits per heavy atom. The topological polar surface area (TPSA) is 79.0 Å². The van der Waals surface area contributed by atoms with Gasteiger partial charge in [0.1, 0.15) is 23.8 Å². The highest BCUT2D eigenvalue weighted by atomic mass is 16.5. The molecule has 0 amide bonds. The number of anilines is 2. The van der Waals surface area contributed by atoms with Crippen molar-refractivity contribution in [3.8, 4) is 0 Å². The van der Waals surface area contributed by atoms with Gasteiger partial charge in [-0.25, -0.2) is 15.0 Å². The molecule has 2 atom stereocenters. The van der Waals surface area contributed by atoms with Crippen molar-refractivity contribution in [1.29, 1.82) is 0 Å². The lowest BCUT2D eigenvalue weighted by Crippen LogP contribution is -2.43. The third-order valence-corrected chi connectivity index (χ3v) is 5.73. The van der Waals surface area contributed by atoms with Crippen molar-refractivity contribution in [3.63, 3.8) is 0 Å². The Morgan fingerprint density at radius 2 is 2.04 bits per heavy atom. The first kappa shape index (κ1) is 18.2. The van der Waals surface area contributed by atoms with E-state index in [0.717, 1.165) is 62.8 Å². The maximum Gasteiger partial charge on any atom is 0.134 e. The summed E-state index contributed by atoms with van der Waals surface area (Å²) < 4.78 is 5.99. The molecule has 2 saturated heterocycles. The SMILES string of the molecule is CC(C)[C@H]1OCCC[C@@H]1Nc1cc(N2CCC(c3ncc[nH]3)CC2)ncn1. The number of imidazole rings is 1. The van der Waals surface area contributed by atoms with Crippen LogP contribution in [0.25, 0.3) is 0 Å². The summed E-state index contributed by atoms with van der Waals surface area (Å²) in [5.74, 6) is 4.01. The molecule has 4 rings (SSSR count). The summed E-state index contributed by atoms with van der Waals surface area (Å²) in [7, 11) is 0. The summed E-state index contributed by atoms with van der Waals surface area (Å²) in [5.41, 5.74) is 0. The van der Waals surface area contributed by atoms with Gasteiger partial charge in [0.2, 0.25) is 0 Å². The molecular weight excluding hydrogens is 340 g/mol. The van der Waals surface area contributed by atoms with Crippen LogP contribution < -0.4 is 10.2 Å². The molecule has 2 aliphatic heterocycles. The van der Waals surface area contributed by atoms with E-state index in [0.29, 0.717) is 17.9 Å². The molecule has 0 bridgehead atoms. The molecule has 2 aromatic rings. The van der Waals surface area contributed by atoms with Gasteiger partial charge in [0.05, 0.1) is 12.1 Å². The first-order valence-corrected chi connectivity index (χ1v) is 10.1. The Hall–Kier alpha value is -2.15. The van der Waals surface area contributed by atoms with Gasteiger partial charge in [0.25, 0.3) is 0 Å². The van der Waals surface area contributed by atoms with E-state index < -0.39 is 0 Å². The van der Waals surface area contributed by atoms with Crippen molar-refractivity contribution in [2.75, 3.05) is 29.9 Å². The predicted molar refractivity (Wildman–Crippen MR) is 106 cm³/mol. The Morgan fingerprint density at radius 1 is 1.19 bits per heavy atom. The molecular formula is C20H30N6O. The Kier molecular flexibility index (Phi) is 5.57. The van der Waals surface area contributed by atoms with Crippen LogP contribution in [-0.4, -0.2) is 51.8 Å². The molecule has 2 aliphatic rings. The smallest absolute Gasteiger partial charge is 0.134 e. The number of ether oxygens (including phenoxy) is 1. The van der Waals surface area contributed by atoms with Gasteiger partial charge in [-0.3, -0.25) is 0 Å². The molecule has 0 saturated carbocycles. The van der Waals surface area contributed by atoms with Crippen molar-refractivity contribution in [2.24, 2.45) is 5.92 Å². The molecule has 146 valence electrons. The summed E-state index contributed by atoms with van der Waals surface area (Å²) in [4.78, 5) is 19.0. The maximum absolute atomic E-state index is 5.99. The van der Waals surface area contributed by atoms with Crippen LogP contribution in [0.3, 0.4) is 0 Å².